The van der Waals surface area contributed by atoms with Gasteiger partial charge in [0.25, 0.3) is 0 Å². The summed E-state index contributed by atoms with van der Waals surface area (Å²) in [4.78, 5) is 0. The number of rotatable bonds is 4. The van der Waals surface area contributed by atoms with Crippen molar-refractivity contribution in [2.45, 2.75) is 0 Å². The Morgan fingerprint density at radius 3 is 1.14 bits per heavy atom. The summed E-state index contributed by atoms with van der Waals surface area (Å²) in [5, 5.41) is 0. The van der Waals surface area contributed by atoms with E-state index in [-0.39, 0.29) is 6.15 Å². The smallest absolute Gasteiger partial charge is 0.344 e. The van der Waals surface area contributed by atoms with Gasteiger partial charge in [0.05, 0.1) is 0 Å². The average Bonchev–Trinajstić information content (AvgIpc) is 2.56. The van der Waals surface area contributed by atoms with Crippen LogP contribution in [0, 0.1) is 0 Å². The van der Waals surface area contributed by atoms with Crippen molar-refractivity contribution >= 4 is 7.82 Å². The van der Waals surface area contributed by atoms with Crippen LogP contribution in [-0.4, -0.2) is 21.3 Å². The molecule has 0 fully saturated rings. The topological polar surface area (TPSA) is 79.8 Å². The van der Waals surface area contributed by atoms with Gasteiger partial charge in [0.2, 0.25) is 0 Å². The molecule has 0 bridgehead atoms. The second kappa shape index (κ2) is 10.3. The van der Waals surface area contributed by atoms with Gasteiger partial charge in [-0.2, -0.15) is 0 Å². The summed E-state index contributed by atoms with van der Waals surface area (Å²) in [5.74, 6) is 0. The molecule has 0 aliphatic heterocycles. The molecule has 3 N–H and O–H groups in total. The fraction of sp³-hybridized carbons (Fsp3) is 0.200. The lowest BCUT2D eigenvalue weighted by molar-refractivity contribution is 0.178. The van der Waals surface area contributed by atoms with Gasteiger partial charge in [-0.15, -0.1) is 0 Å². The van der Waals surface area contributed by atoms with Crippen LogP contribution in [0.1, 0.15) is 0 Å². The lowest BCUT2D eigenvalue weighted by Crippen LogP contribution is -1.88. The molecule has 2 aromatic rings. The molecule has 0 aliphatic rings. The third-order valence-electron chi connectivity index (χ3n) is 2.55. The summed E-state index contributed by atoms with van der Waals surface area (Å²) in [6, 6.07) is 20.8. The van der Waals surface area contributed by atoms with E-state index in [9.17, 15) is 4.57 Å². The van der Waals surface area contributed by atoms with Crippen LogP contribution in [0.5, 0.6) is 0 Å². The fourth-order valence-corrected chi connectivity index (χ4v) is 1.93. The highest BCUT2D eigenvalue weighted by molar-refractivity contribution is 7.48. The van der Waals surface area contributed by atoms with Crippen LogP contribution in [0.4, 0.5) is 0 Å². The van der Waals surface area contributed by atoms with Gasteiger partial charge in [-0.25, -0.2) is 4.57 Å². The largest absolute Gasteiger partial charge is 0.473 e. The Labute approximate surface area is 126 Å². The molecule has 0 spiro atoms. The zero-order valence-corrected chi connectivity index (χ0v) is 13.5. The molecule has 2 rings (SSSR count). The van der Waals surface area contributed by atoms with Crippen LogP contribution in [0.25, 0.3) is 11.1 Å². The molecule has 21 heavy (non-hydrogen) atoms. The zero-order valence-electron chi connectivity index (χ0n) is 12.6. The minimum Gasteiger partial charge on any atom is -0.344 e. The second-order valence-electron chi connectivity index (χ2n) is 3.73. The van der Waals surface area contributed by atoms with Crippen molar-refractivity contribution in [3.05, 3.63) is 60.7 Å². The first kappa shape index (κ1) is 19.5. The fourth-order valence-electron chi connectivity index (χ4n) is 1.48. The van der Waals surface area contributed by atoms with Crippen molar-refractivity contribution in [2.75, 3.05) is 21.3 Å². The Morgan fingerprint density at radius 2 is 0.952 bits per heavy atom. The Bertz CT molecular complexity index is 477. The summed E-state index contributed by atoms with van der Waals surface area (Å²) in [5.41, 5.74) is 2.55. The van der Waals surface area contributed by atoms with Gasteiger partial charge < -0.3 is 6.15 Å². The van der Waals surface area contributed by atoms with Crippen LogP contribution in [0.15, 0.2) is 60.7 Å². The first-order valence-electron chi connectivity index (χ1n) is 6.03. The highest BCUT2D eigenvalue weighted by atomic mass is 31.2. The van der Waals surface area contributed by atoms with E-state index < -0.39 is 7.82 Å². The molecule has 0 aliphatic carbocycles. The molecule has 6 heteroatoms. The molecule has 0 saturated carbocycles. The van der Waals surface area contributed by atoms with Crippen LogP contribution in [-0.2, 0) is 18.1 Å². The van der Waals surface area contributed by atoms with Crippen molar-refractivity contribution < 1.29 is 18.1 Å². The molecule has 5 nitrogen and oxygen atoms in total. The molecule has 0 saturated heterocycles. The maximum absolute atomic E-state index is 10.7. The van der Waals surface area contributed by atoms with Crippen LogP contribution in [0.2, 0.25) is 0 Å². The summed E-state index contributed by atoms with van der Waals surface area (Å²) < 4.78 is 23.7. The molecule has 0 radical (unpaired) electrons. The molecule has 0 aromatic heterocycles. The molecule has 0 amide bonds. The molecule has 0 atom stereocenters. The highest BCUT2D eigenvalue weighted by Crippen LogP contribution is 2.46. The molecule has 2 aromatic carbocycles. The van der Waals surface area contributed by atoms with Crippen molar-refractivity contribution in [1.29, 1.82) is 0 Å². The first-order valence-corrected chi connectivity index (χ1v) is 7.49. The highest BCUT2D eigenvalue weighted by Gasteiger charge is 2.18. The maximum atomic E-state index is 10.7. The van der Waals surface area contributed by atoms with Gasteiger partial charge in [-0.05, 0) is 11.1 Å². The number of phosphoric acid groups is 1. The van der Waals surface area contributed by atoms with Gasteiger partial charge in [0.1, 0.15) is 0 Å². The molecule has 0 heterocycles. The van der Waals surface area contributed by atoms with E-state index in [1.165, 1.54) is 32.5 Å². The van der Waals surface area contributed by atoms with E-state index >= 15 is 0 Å². The third kappa shape index (κ3) is 6.67. The molecular weight excluding hydrogens is 289 g/mol. The number of phosphoric ester groups is 1. The Hall–Kier alpha value is -1.49. The zero-order chi connectivity index (χ0) is 14.8. The van der Waals surface area contributed by atoms with Gasteiger partial charge in [0, 0.05) is 21.3 Å². The van der Waals surface area contributed by atoms with Crippen LogP contribution >= 0.6 is 7.82 Å². The minimum atomic E-state index is -3.16. The lowest BCUT2D eigenvalue weighted by Gasteiger charge is -2.08. The third-order valence-corrected chi connectivity index (χ3v) is 3.89. The van der Waals surface area contributed by atoms with E-state index in [1.54, 1.807) is 0 Å². The molecule has 0 unspecified atom stereocenters. The maximum Gasteiger partial charge on any atom is 0.473 e. The average molecular weight is 311 g/mol. The van der Waals surface area contributed by atoms with E-state index in [2.05, 4.69) is 62.1 Å². The number of benzene rings is 2. The van der Waals surface area contributed by atoms with Gasteiger partial charge in [0.15, 0.2) is 0 Å². The molecular formula is C15H22NO4P. The van der Waals surface area contributed by atoms with Gasteiger partial charge in [-0.3, -0.25) is 13.6 Å². The number of hydrogen-bond donors (Lipinski definition) is 1. The summed E-state index contributed by atoms with van der Waals surface area (Å²) >= 11 is 0. The van der Waals surface area contributed by atoms with Crippen LogP contribution in [0.3, 0.4) is 0 Å². The predicted molar refractivity (Wildman–Crippen MR) is 85.5 cm³/mol. The van der Waals surface area contributed by atoms with Crippen molar-refractivity contribution in [1.82, 2.24) is 6.15 Å². The van der Waals surface area contributed by atoms with E-state index in [0.29, 0.717) is 0 Å². The summed E-state index contributed by atoms with van der Waals surface area (Å²) in [6.07, 6.45) is 0. The summed E-state index contributed by atoms with van der Waals surface area (Å²) in [7, 11) is 0.611. The van der Waals surface area contributed by atoms with Crippen molar-refractivity contribution in [2.24, 2.45) is 0 Å². The van der Waals surface area contributed by atoms with Crippen LogP contribution < -0.4 is 6.15 Å². The lowest BCUT2D eigenvalue weighted by atomic mass is 10.1. The van der Waals surface area contributed by atoms with Gasteiger partial charge in [-0.1, -0.05) is 60.7 Å². The SMILES string of the molecule is COP(=O)(OC)OC.N.c1ccc(-c2ccccc2)cc1. The Kier molecular flexibility index (Phi) is 9.54. The monoisotopic (exact) mass is 311 g/mol. The van der Waals surface area contributed by atoms with Crippen molar-refractivity contribution in [3.8, 4) is 11.1 Å². The quantitative estimate of drug-likeness (QED) is 0.838. The standard InChI is InChI=1S/C12H10.C3H9O4P.H3N/c1-3-7-11(8-4-1)12-9-5-2-6-10-12;1-5-8(4,6-2)7-3;/h1-10H;1-3H3;1H3. The Balaban J connectivity index is 0.000000397. The Morgan fingerprint density at radius 1 is 0.667 bits per heavy atom. The van der Waals surface area contributed by atoms with E-state index in [1.807, 2.05) is 12.1 Å². The van der Waals surface area contributed by atoms with E-state index in [4.69, 9.17) is 0 Å². The predicted octanol–water partition coefficient (Wildman–Crippen LogP) is 4.55. The normalized spacial score (nSPS) is 10.0. The van der Waals surface area contributed by atoms with Crippen molar-refractivity contribution in [3.63, 3.8) is 0 Å². The first-order chi connectivity index (χ1) is 9.65. The van der Waals surface area contributed by atoms with Gasteiger partial charge >= 0.3 is 7.82 Å². The van der Waals surface area contributed by atoms with E-state index in [0.717, 1.165) is 0 Å². The minimum absolute atomic E-state index is 0. The number of hydrogen-bond acceptors (Lipinski definition) is 5. The molecule has 116 valence electrons. The summed E-state index contributed by atoms with van der Waals surface area (Å²) in [6.45, 7) is 0. The second-order valence-corrected chi connectivity index (χ2v) is 5.72.